The molecule has 19 heavy (non-hydrogen) atoms. The van der Waals surface area contributed by atoms with Crippen molar-refractivity contribution >= 4 is 11.7 Å². The maximum absolute atomic E-state index is 10.9. The van der Waals surface area contributed by atoms with Gasteiger partial charge in [-0.15, -0.1) is 0 Å². The molecule has 0 saturated heterocycles. The van der Waals surface area contributed by atoms with Crippen molar-refractivity contribution in [1.82, 2.24) is 14.8 Å². The number of hydrogen-bond acceptors (Lipinski definition) is 4. The Balaban J connectivity index is 2.03. The molecule has 2 heterocycles. The van der Waals surface area contributed by atoms with Gasteiger partial charge in [-0.3, -0.25) is 9.48 Å². The summed E-state index contributed by atoms with van der Waals surface area (Å²) in [6.07, 6.45) is 4.35. The van der Waals surface area contributed by atoms with Crippen molar-refractivity contribution in [3.8, 4) is 0 Å². The lowest BCUT2D eigenvalue weighted by atomic mass is 10.2. The largest absolute Gasteiger partial charge is 0.366 e. The van der Waals surface area contributed by atoms with Crippen LogP contribution in [0.2, 0.25) is 0 Å². The van der Waals surface area contributed by atoms with Crippen LogP contribution in [0.15, 0.2) is 24.5 Å². The molecular formula is C13H17N5O. The molecule has 2 aromatic heterocycles. The van der Waals surface area contributed by atoms with Crippen LogP contribution in [0, 0.1) is 0 Å². The first-order valence-electron chi connectivity index (χ1n) is 6.11. The lowest BCUT2D eigenvalue weighted by Crippen LogP contribution is -2.11. The number of anilines is 1. The zero-order chi connectivity index (χ0) is 13.8. The van der Waals surface area contributed by atoms with Gasteiger partial charge in [-0.1, -0.05) is 6.92 Å². The van der Waals surface area contributed by atoms with Crippen molar-refractivity contribution in [2.45, 2.75) is 19.9 Å². The van der Waals surface area contributed by atoms with E-state index in [1.165, 1.54) is 6.20 Å². The van der Waals surface area contributed by atoms with E-state index in [-0.39, 0.29) is 0 Å². The van der Waals surface area contributed by atoms with E-state index in [1.807, 2.05) is 13.2 Å². The van der Waals surface area contributed by atoms with Crippen molar-refractivity contribution in [3.05, 3.63) is 41.3 Å². The molecule has 0 radical (unpaired) electrons. The van der Waals surface area contributed by atoms with E-state index >= 15 is 0 Å². The third-order valence-electron chi connectivity index (χ3n) is 2.83. The fraction of sp³-hybridized carbons (Fsp3) is 0.308. The van der Waals surface area contributed by atoms with Crippen LogP contribution in [0.3, 0.4) is 0 Å². The number of primary amides is 1. The summed E-state index contributed by atoms with van der Waals surface area (Å²) >= 11 is 0. The van der Waals surface area contributed by atoms with Gasteiger partial charge in [-0.25, -0.2) is 4.98 Å². The van der Waals surface area contributed by atoms with Gasteiger partial charge in [-0.2, -0.15) is 5.10 Å². The van der Waals surface area contributed by atoms with Gasteiger partial charge in [0.25, 0.3) is 0 Å². The summed E-state index contributed by atoms with van der Waals surface area (Å²) < 4.78 is 1.81. The Labute approximate surface area is 111 Å². The summed E-state index contributed by atoms with van der Waals surface area (Å²) in [5.41, 5.74) is 7.78. The Morgan fingerprint density at radius 3 is 2.84 bits per heavy atom. The van der Waals surface area contributed by atoms with Gasteiger partial charge in [-0.05, 0) is 18.6 Å². The Kier molecular flexibility index (Phi) is 3.79. The predicted molar refractivity (Wildman–Crippen MR) is 72.7 cm³/mol. The Hall–Kier alpha value is -2.37. The first kappa shape index (κ1) is 13.1. The van der Waals surface area contributed by atoms with Crippen LogP contribution in [0.1, 0.15) is 28.5 Å². The highest BCUT2D eigenvalue weighted by Crippen LogP contribution is 2.11. The second-order valence-electron chi connectivity index (χ2n) is 4.28. The normalized spacial score (nSPS) is 10.4. The molecule has 0 aliphatic rings. The smallest absolute Gasteiger partial charge is 0.250 e. The van der Waals surface area contributed by atoms with Crippen LogP contribution < -0.4 is 11.1 Å². The molecule has 0 atom stereocenters. The van der Waals surface area contributed by atoms with Crippen LogP contribution >= 0.6 is 0 Å². The van der Waals surface area contributed by atoms with Crippen LogP contribution in [-0.4, -0.2) is 20.7 Å². The number of aryl methyl sites for hydroxylation is 2. The fourth-order valence-electron chi connectivity index (χ4n) is 1.86. The molecule has 0 unspecified atom stereocenters. The average Bonchev–Trinajstić information content (AvgIpc) is 2.77. The topological polar surface area (TPSA) is 85.8 Å². The van der Waals surface area contributed by atoms with Crippen LogP contribution in [0.5, 0.6) is 0 Å². The molecule has 0 aliphatic carbocycles. The van der Waals surface area contributed by atoms with E-state index in [9.17, 15) is 4.79 Å². The average molecular weight is 259 g/mol. The molecule has 0 saturated carbocycles. The minimum atomic E-state index is -0.473. The maximum atomic E-state index is 10.9. The molecule has 3 N–H and O–H groups in total. The van der Waals surface area contributed by atoms with Crippen LogP contribution in [-0.2, 0) is 20.0 Å². The molecule has 2 rings (SSSR count). The molecule has 0 bridgehead atoms. The lowest BCUT2D eigenvalue weighted by Gasteiger charge is -2.05. The second-order valence-corrected chi connectivity index (χ2v) is 4.28. The van der Waals surface area contributed by atoms with E-state index < -0.39 is 5.91 Å². The van der Waals surface area contributed by atoms with E-state index in [0.29, 0.717) is 17.9 Å². The molecule has 100 valence electrons. The SMILES string of the molecule is CCc1nn(C)cc1CNc1ccc(C(N)=O)cn1. The number of carbonyl (C=O) groups excluding carboxylic acids is 1. The molecule has 0 fully saturated rings. The highest BCUT2D eigenvalue weighted by atomic mass is 16.1. The summed E-state index contributed by atoms with van der Waals surface area (Å²) in [6.45, 7) is 2.73. The zero-order valence-electron chi connectivity index (χ0n) is 11.1. The van der Waals surface area contributed by atoms with Crippen molar-refractivity contribution < 1.29 is 4.79 Å². The number of amides is 1. The minimum Gasteiger partial charge on any atom is -0.366 e. The van der Waals surface area contributed by atoms with Crippen molar-refractivity contribution in [3.63, 3.8) is 0 Å². The Bertz CT molecular complexity index is 573. The van der Waals surface area contributed by atoms with Gasteiger partial charge in [0.2, 0.25) is 5.91 Å². The summed E-state index contributed by atoms with van der Waals surface area (Å²) in [5.74, 6) is 0.232. The first-order valence-corrected chi connectivity index (χ1v) is 6.11. The number of nitrogens with two attached hydrogens (primary N) is 1. The lowest BCUT2D eigenvalue weighted by molar-refractivity contribution is 0.1000. The molecular weight excluding hydrogens is 242 g/mol. The fourth-order valence-corrected chi connectivity index (χ4v) is 1.86. The van der Waals surface area contributed by atoms with Crippen molar-refractivity contribution in [2.24, 2.45) is 12.8 Å². The van der Waals surface area contributed by atoms with E-state index in [0.717, 1.165) is 17.7 Å². The number of aromatic nitrogens is 3. The number of nitrogens with one attached hydrogen (secondary N) is 1. The summed E-state index contributed by atoms with van der Waals surface area (Å²) in [7, 11) is 1.91. The van der Waals surface area contributed by atoms with Gasteiger partial charge >= 0.3 is 0 Å². The summed E-state index contributed by atoms with van der Waals surface area (Å²) in [4.78, 5) is 15.1. The van der Waals surface area contributed by atoms with Gasteiger partial charge < -0.3 is 11.1 Å². The van der Waals surface area contributed by atoms with E-state index in [4.69, 9.17) is 5.73 Å². The molecule has 6 nitrogen and oxygen atoms in total. The molecule has 1 amide bonds. The summed E-state index contributed by atoms with van der Waals surface area (Å²) in [6, 6.07) is 3.39. The molecule has 0 spiro atoms. The highest BCUT2D eigenvalue weighted by Gasteiger charge is 2.06. The number of pyridine rings is 1. The third kappa shape index (κ3) is 3.09. The number of nitrogens with zero attached hydrogens (tertiary/aromatic N) is 3. The van der Waals surface area contributed by atoms with Crippen LogP contribution in [0.25, 0.3) is 0 Å². The molecule has 2 aromatic rings. The quantitative estimate of drug-likeness (QED) is 0.841. The second kappa shape index (κ2) is 5.51. The zero-order valence-corrected chi connectivity index (χ0v) is 11.1. The number of hydrogen-bond donors (Lipinski definition) is 2. The van der Waals surface area contributed by atoms with Crippen molar-refractivity contribution in [1.29, 1.82) is 0 Å². The number of carbonyl (C=O) groups is 1. The molecule has 6 heteroatoms. The van der Waals surface area contributed by atoms with Gasteiger partial charge in [0, 0.05) is 31.5 Å². The Morgan fingerprint density at radius 1 is 1.47 bits per heavy atom. The predicted octanol–water partition coefficient (Wildman–Crippen LogP) is 1.09. The van der Waals surface area contributed by atoms with Crippen LogP contribution in [0.4, 0.5) is 5.82 Å². The maximum Gasteiger partial charge on any atom is 0.250 e. The molecule has 0 aromatic carbocycles. The standard InChI is InChI=1S/C13H17N5O/c1-3-11-10(8-18(2)17-11)7-16-12-5-4-9(6-15-12)13(14)19/h4-6,8H,3,7H2,1-2H3,(H2,14,19)(H,15,16). The summed E-state index contributed by atoms with van der Waals surface area (Å²) in [5, 5.41) is 7.57. The van der Waals surface area contributed by atoms with Gasteiger partial charge in [0.05, 0.1) is 11.3 Å². The monoisotopic (exact) mass is 259 g/mol. The van der Waals surface area contributed by atoms with Gasteiger partial charge in [0.1, 0.15) is 5.82 Å². The van der Waals surface area contributed by atoms with E-state index in [2.05, 4.69) is 22.3 Å². The first-order chi connectivity index (χ1) is 9.10. The minimum absolute atomic E-state index is 0.404. The highest BCUT2D eigenvalue weighted by molar-refractivity contribution is 5.92. The molecule has 0 aliphatic heterocycles. The van der Waals surface area contributed by atoms with Gasteiger partial charge in [0.15, 0.2) is 0 Å². The van der Waals surface area contributed by atoms with Crippen molar-refractivity contribution in [2.75, 3.05) is 5.32 Å². The van der Waals surface area contributed by atoms with E-state index in [1.54, 1.807) is 16.8 Å². The third-order valence-corrected chi connectivity index (χ3v) is 2.83. The number of rotatable bonds is 5. The Morgan fingerprint density at radius 2 is 2.26 bits per heavy atom.